The predicted octanol–water partition coefficient (Wildman–Crippen LogP) is 3.48. The minimum Gasteiger partial charge on any atom is -0.408 e. The largest absolute Gasteiger partial charge is 0.408 e. The van der Waals surface area contributed by atoms with Gasteiger partial charge in [-0.05, 0) is 30.6 Å². The van der Waals surface area contributed by atoms with Gasteiger partial charge in [0.05, 0.1) is 25.9 Å². The summed E-state index contributed by atoms with van der Waals surface area (Å²) >= 11 is 0. The summed E-state index contributed by atoms with van der Waals surface area (Å²) in [6.07, 6.45) is -1.10. The molecule has 2 heterocycles. The Morgan fingerprint density at radius 2 is 1.93 bits per heavy atom. The third-order valence-electron chi connectivity index (χ3n) is 6.55. The molecule has 1 aromatic carbocycles. The van der Waals surface area contributed by atoms with Gasteiger partial charge in [0, 0.05) is 0 Å². The number of benzene rings is 1. The summed E-state index contributed by atoms with van der Waals surface area (Å²) in [6, 6.07) is 9.92. The molecule has 2 bridgehead atoms. The van der Waals surface area contributed by atoms with Crippen molar-refractivity contribution in [2.75, 3.05) is 20.0 Å². The molecule has 0 radical (unpaired) electrons. The van der Waals surface area contributed by atoms with Crippen LogP contribution in [0.5, 0.6) is 0 Å². The van der Waals surface area contributed by atoms with E-state index in [9.17, 15) is 5.11 Å². The maximum Gasteiger partial charge on any atom is 0.192 e. The number of aliphatic hydroxyl groups excluding tert-OH is 1. The van der Waals surface area contributed by atoms with Crippen molar-refractivity contribution in [3.63, 3.8) is 0 Å². The van der Waals surface area contributed by atoms with Gasteiger partial charge in [-0.2, -0.15) is 0 Å². The molecule has 164 valence electrons. The Labute approximate surface area is 175 Å². The van der Waals surface area contributed by atoms with E-state index in [1.807, 2.05) is 37.3 Å². The van der Waals surface area contributed by atoms with Gasteiger partial charge in [0.1, 0.15) is 30.7 Å². The Kier molecular flexibility index (Phi) is 6.90. The normalized spacial score (nSPS) is 30.7. The van der Waals surface area contributed by atoms with Crippen LogP contribution < -0.4 is 0 Å². The first-order chi connectivity index (χ1) is 13.6. The van der Waals surface area contributed by atoms with Crippen LogP contribution in [0.15, 0.2) is 30.3 Å². The lowest BCUT2D eigenvalue weighted by Crippen LogP contribution is -2.58. The zero-order valence-electron chi connectivity index (χ0n) is 18.5. The molecule has 7 heteroatoms. The minimum absolute atomic E-state index is 0.0633. The molecule has 2 fully saturated rings. The standard InChI is InChI=1S/C22H36O6Si/c1-16-19-20(28-29(5,6)21(2,3)4)22(27-16,14-25-19)18(12-23)26-15-24-13-17-10-8-7-9-11-17/h7-11,16,18-20,23H,12-15H2,1-6H3. The monoisotopic (exact) mass is 424 g/mol. The topological polar surface area (TPSA) is 66.4 Å². The fourth-order valence-electron chi connectivity index (χ4n) is 3.80. The summed E-state index contributed by atoms with van der Waals surface area (Å²) in [7, 11) is -2.06. The number of fused-ring (bicyclic) bond motifs is 2. The molecule has 0 amide bonds. The smallest absolute Gasteiger partial charge is 0.192 e. The van der Waals surface area contributed by atoms with Gasteiger partial charge in [-0.3, -0.25) is 0 Å². The SMILES string of the molecule is CC1OC2(C(CO)OCOCc3ccccc3)COC1C2O[Si](C)(C)C(C)(C)C. The molecule has 2 aliphatic heterocycles. The Morgan fingerprint density at radius 3 is 2.52 bits per heavy atom. The van der Waals surface area contributed by atoms with Crippen molar-refractivity contribution in [1.82, 2.24) is 0 Å². The molecule has 2 aliphatic rings. The van der Waals surface area contributed by atoms with Gasteiger partial charge in [-0.25, -0.2) is 0 Å². The van der Waals surface area contributed by atoms with Gasteiger partial charge in [0.25, 0.3) is 0 Å². The number of aliphatic hydroxyl groups is 1. The van der Waals surface area contributed by atoms with Crippen LogP contribution in [0.25, 0.3) is 0 Å². The lowest BCUT2D eigenvalue weighted by Gasteiger charge is -2.42. The first-order valence-electron chi connectivity index (χ1n) is 10.4. The average molecular weight is 425 g/mol. The number of rotatable bonds is 9. The van der Waals surface area contributed by atoms with Gasteiger partial charge >= 0.3 is 0 Å². The zero-order valence-corrected chi connectivity index (χ0v) is 19.5. The quantitative estimate of drug-likeness (QED) is 0.372. The van der Waals surface area contributed by atoms with Gasteiger partial charge in [-0.15, -0.1) is 0 Å². The maximum atomic E-state index is 10.1. The third-order valence-corrected chi connectivity index (χ3v) is 11.0. The molecule has 0 aromatic heterocycles. The van der Waals surface area contributed by atoms with Gasteiger partial charge in [-0.1, -0.05) is 51.1 Å². The molecule has 3 rings (SSSR count). The summed E-state index contributed by atoms with van der Waals surface area (Å²) < 4.78 is 30.7. The van der Waals surface area contributed by atoms with Crippen molar-refractivity contribution >= 4 is 8.32 Å². The number of ether oxygens (including phenoxy) is 4. The Hall–Kier alpha value is -0.803. The van der Waals surface area contributed by atoms with Crippen LogP contribution in [-0.4, -0.2) is 63.4 Å². The summed E-state index contributed by atoms with van der Waals surface area (Å²) in [5, 5.41) is 10.2. The van der Waals surface area contributed by atoms with E-state index in [-0.39, 0.29) is 36.7 Å². The highest BCUT2D eigenvalue weighted by atomic mass is 28.4. The van der Waals surface area contributed by atoms with E-state index >= 15 is 0 Å². The van der Waals surface area contributed by atoms with Crippen LogP contribution in [-0.2, 0) is 30.0 Å². The molecule has 5 unspecified atom stereocenters. The second-order valence-electron chi connectivity index (χ2n) is 9.64. The van der Waals surface area contributed by atoms with E-state index in [1.165, 1.54) is 0 Å². The van der Waals surface area contributed by atoms with Crippen LogP contribution >= 0.6 is 0 Å². The molecule has 5 atom stereocenters. The van der Waals surface area contributed by atoms with E-state index in [0.29, 0.717) is 13.2 Å². The number of hydrogen-bond donors (Lipinski definition) is 1. The molecule has 6 nitrogen and oxygen atoms in total. The van der Waals surface area contributed by atoms with E-state index in [2.05, 4.69) is 33.9 Å². The highest BCUT2D eigenvalue weighted by molar-refractivity contribution is 6.74. The van der Waals surface area contributed by atoms with Crippen molar-refractivity contribution in [3.8, 4) is 0 Å². The Bertz CT molecular complexity index is 661. The van der Waals surface area contributed by atoms with Gasteiger partial charge < -0.3 is 28.5 Å². The number of hydrogen-bond acceptors (Lipinski definition) is 6. The first kappa shape index (κ1) is 22.9. The average Bonchev–Trinajstić information content (AvgIpc) is 3.12. The fraction of sp³-hybridized carbons (Fsp3) is 0.727. The summed E-state index contributed by atoms with van der Waals surface area (Å²) in [4.78, 5) is 0. The second-order valence-corrected chi connectivity index (χ2v) is 14.4. The highest BCUT2D eigenvalue weighted by Crippen LogP contribution is 2.48. The molecule has 0 spiro atoms. The minimum atomic E-state index is -2.06. The molecule has 29 heavy (non-hydrogen) atoms. The van der Waals surface area contributed by atoms with E-state index in [4.69, 9.17) is 23.4 Å². The summed E-state index contributed by atoms with van der Waals surface area (Å²) in [5.74, 6) is 0. The predicted molar refractivity (Wildman–Crippen MR) is 113 cm³/mol. The van der Waals surface area contributed by atoms with Crippen molar-refractivity contribution < 1.29 is 28.5 Å². The second kappa shape index (κ2) is 8.75. The van der Waals surface area contributed by atoms with Crippen LogP contribution in [0.1, 0.15) is 33.3 Å². The van der Waals surface area contributed by atoms with Crippen LogP contribution in [0.2, 0.25) is 18.1 Å². The summed E-state index contributed by atoms with van der Waals surface area (Å²) in [5.41, 5.74) is 0.258. The molecule has 2 saturated heterocycles. The highest BCUT2D eigenvalue weighted by Gasteiger charge is 2.66. The molecule has 1 aromatic rings. The molecule has 1 N–H and O–H groups in total. The first-order valence-corrected chi connectivity index (χ1v) is 13.3. The van der Waals surface area contributed by atoms with Gasteiger partial charge in [0.15, 0.2) is 8.32 Å². The molecule has 0 saturated carbocycles. The third kappa shape index (κ3) is 4.61. The van der Waals surface area contributed by atoms with Crippen LogP contribution in [0, 0.1) is 0 Å². The van der Waals surface area contributed by atoms with Crippen LogP contribution in [0.3, 0.4) is 0 Å². The van der Waals surface area contributed by atoms with Crippen LogP contribution in [0.4, 0.5) is 0 Å². The van der Waals surface area contributed by atoms with Gasteiger partial charge in [0.2, 0.25) is 0 Å². The van der Waals surface area contributed by atoms with Crippen molar-refractivity contribution in [3.05, 3.63) is 35.9 Å². The van der Waals surface area contributed by atoms with Crippen molar-refractivity contribution in [2.45, 2.75) is 82.5 Å². The lowest BCUT2D eigenvalue weighted by molar-refractivity contribution is -0.225. The Balaban J connectivity index is 1.67. The maximum absolute atomic E-state index is 10.1. The van der Waals surface area contributed by atoms with E-state index < -0.39 is 20.0 Å². The van der Waals surface area contributed by atoms with E-state index in [0.717, 1.165) is 5.56 Å². The van der Waals surface area contributed by atoms with Crippen molar-refractivity contribution in [1.29, 1.82) is 0 Å². The van der Waals surface area contributed by atoms with Crippen molar-refractivity contribution in [2.24, 2.45) is 0 Å². The zero-order chi connectivity index (χ0) is 21.3. The molecular weight excluding hydrogens is 388 g/mol. The molecule has 0 aliphatic carbocycles. The molecular formula is C22H36O6Si. The lowest BCUT2D eigenvalue weighted by atomic mass is 9.92. The fourth-order valence-corrected chi connectivity index (χ4v) is 5.12. The van der Waals surface area contributed by atoms with E-state index in [1.54, 1.807) is 0 Å². The summed E-state index contributed by atoms with van der Waals surface area (Å²) in [6.45, 7) is 13.8. The Morgan fingerprint density at radius 1 is 1.24 bits per heavy atom.